The third kappa shape index (κ3) is 2.30. The lowest BCUT2D eigenvalue weighted by Gasteiger charge is -2.32. The molecule has 100 valence electrons. The van der Waals surface area contributed by atoms with Gasteiger partial charge in [-0.1, -0.05) is 35.7 Å². The molecule has 0 saturated carbocycles. The summed E-state index contributed by atoms with van der Waals surface area (Å²) in [6.45, 7) is 2.14. The smallest absolute Gasteiger partial charge is 0.0800 e. The van der Waals surface area contributed by atoms with E-state index in [1.165, 1.54) is 22.4 Å². The van der Waals surface area contributed by atoms with Crippen LogP contribution in [0.5, 0.6) is 0 Å². The fourth-order valence-corrected chi connectivity index (χ4v) is 3.80. The minimum Gasteiger partial charge on any atom is -0.312 e. The van der Waals surface area contributed by atoms with Crippen molar-refractivity contribution in [1.29, 1.82) is 0 Å². The van der Waals surface area contributed by atoms with E-state index in [2.05, 4.69) is 46.1 Å². The molecule has 0 aliphatic heterocycles. The van der Waals surface area contributed by atoms with Crippen LogP contribution in [0.15, 0.2) is 24.3 Å². The summed E-state index contributed by atoms with van der Waals surface area (Å²) >= 11 is 1.54. The van der Waals surface area contributed by atoms with Gasteiger partial charge < -0.3 is 5.32 Å². The Hall–Kier alpha value is -1.26. The monoisotopic (exact) mass is 273 g/mol. The Balaban J connectivity index is 1.76. The van der Waals surface area contributed by atoms with Gasteiger partial charge in [0.1, 0.15) is 0 Å². The molecule has 19 heavy (non-hydrogen) atoms. The first kappa shape index (κ1) is 12.8. The lowest BCUT2D eigenvalue weighted by atomic mass is 9.74. The first-order valence-corrected chi connectivity index (χ1v) is 7.67. The van der Waals surface area contributed by atoms with Crippen LogP contribution in [0.1, 0.15) is 47.0 Å². The number of fused-ring (bicyclic) bond motifs is 1. The predicted octanol–water partition coefficient (Wildman–Crippen LogP) is 3.09. The quantitative estimate of drug-likeness (QED) is 0.909. The van der Waals surface area contributed by atoms with Crippen LogP contribution in [0.4, 0.5) is 0 Å². The number of benzene rings is 1. The standard InChI is InChI=1S/C15H19N3S/c1-3-13-15(19-18-17-13)14(16-2)9-11-8-10-6-4-5-7-12(10)11/h4-7,11,14,16H,3,8-9H2,1-2H3. The Morgan fingerprint density at radius 3 is 3.00 bits per heavy atom. The normalized spacial score (nSPS) is 18.7. The number of aromatic nitrogens is 2. The maximum Gasteiger partial charge on any atom is 0.0800 e. The first-order valence-electron chi connectivity index (χ1n) is 6.89. The van der Waals surface area contributed by atoms with E-state index in [9.17, 15) is 0 Å². The van der Waals surface area contributed by atoms with Crippen LogP contribution in [0.3, 0.4) is 0 Å². The van der Waals surface area contributed by atoms with E-state index in [-0.39, 0.29) is 0 Å². The molecular formula is C15H19N3S. The van der Waals surface area contributed by atoms with Gasteiger partial charge in [-0.3, -0.25) is 0 Å². The average molecular weight is 273 g/mol. The van der Waals surface area contributed by atoms with Crippen molar-refractivity contribution in [2.75, 3.05) is 7.05 Å². The highest BCUT2D eigenvalue weighted by Crippen LogP contribution is 2.41. The number of rotatable bonds is 5. The van der Waals surface area contributed by atoms with Crippen LogP contribution in [0.25, 0.3) is 0 Å². The first-order chi connectivity index (χ1) is 9.33. The Morgan fingerprint density at radius 2 is 2.26 bits per heavy atom. The van der Waals surface area contributed by atoms with Crippen LogP contribution in [-0.2, 0) is 12.8 Å². The summed E-state index contributed by atoms with van der Waals surface area (Å²) < 4.78 is 4.11. The summed E-state index contributed by atoms with van der Waals surface area (Å²) in [6, 6.07) is 9.17. The van der Waals surface area contributed by atoms with E-state index in [1.54, 1.807) is 11.5 Å². The lowest BCUT2D eigenvalue weighted by Crippen LogP contribution is -2.25. The van der Waals surface area contributed by atoms with Gasteiger partial charge in [0.2, 0.25) is 0 Å². The molecule has 1 N–H and O–H groups in total. The summed E-state index contributed by atoms with van der Waals surface area (Å²) in [5.41, 5.74) is 4.19. The van der Waals surface area contributed by atoms with Crippen LogP contribution in [0.2, 0.25) is 0 Å². The van der Waals surface area contributed by atoms with E-state index >= 15 is 0 Å². The molecule has 0 bridgehead atoms. The third-order valence-corrected chi connectivity index (χ3v) is 4.95. The zero-order chi connectivity index (χ0) is 13.2. The van der Waals surface area contributed by atoms with E-state index in [0.29, 0.717) is 12.0 Å². The molecule has 1 aliphatic carbocycles. The van der Waals surface area contributed by atoms with Gasteiger partial charge in [-0.25, -0.2) is 0 Å². The number of nitrogens with zero attached hydrogens (tertiary/aromatic N) is 2. The van der Waals surface area contributed by atoms with Crippen LogP contribution < -0.4 is 5.32 Å². The maximum absolute atomic E-state index is 4.23. The van der Waals surface area contributed by atoms with Crippen molar-refractivity contribution >= 4 is 11.5 Å². The summed E-state index contributed by atoms with van der Waals surface area (Å²) in [7, 11) is 2.04. The van der Waals surface area contributed by atoms with Crippen molar-refractivity contribution in [3.63, 3.8) is 0 Å². The summed E-state index contributed by atoms with van der Waals surface area (Å²) in [4.78, 5) is 1.31. The van der Waals surface area contributed by atoms with Crippen molar-refractivity contribution in [2.24, 2.45) is 0 Å². The number of hydrogen-bond donors (Lipinski definition) is 1. The fourth-order valence-electron chi connectivity index (χ4n) is 2.94. The topological polar surface area (TPSA) is 37.8 Å². The molecule has 2 unspecified atom stereocenters. The molecule has 0 radical (unpaired) electrons. The van der Waals surface area contributed by atoms with Gasteiger partial charge in [0.05, 0.1) is 10.6 Å². The van der Waals surface area contributed by atoms with E-state index in [0.717, 1.165) is 18.5 Å². The Bertz CT molecular complexity index is 564. The number of nitrogens with one attached hydrogen (secondary N) is 1. The summed E-state index contributed by atoms with van der Waals surface area (Å²) in [5.74, 6) is 0.681. The summed E-state index contributed by atoms with van der Waals surface area (Å²) in [5, 5.41) is 7.67. The zero-order valence-corrected chi connectivity index (χ0v) is 12.2. The number of aryl methyl sites for hydroxylation is 1. The van der Waals surface area contributed by atoms with Gasteiger partial charge in [0.15, 0.2) is 0 Å². The van der Waals surface area contributed by atoms with E-state index in [1.807, 2.05) is 7.05 Å². The highest BCUT2D eigenvalue weighted by atomic mass is 32.1. The van der Waals surface area contributed by atoms with Gasteiger partial charge in [0.25, 0.3) is 0 Å². The SMILES string of the molecule is CCc1nnsc1C(CC1Cc2ccccc21)NC. The van der Waals surface area contributed by atoms with Gasteiger partial charge in [-0.05, 0) is 54.9 Å². The molecule has 0 amide bonds. The molecule has 2 atom stereocenters. The minimum absolute atomic E-state index is 0.383. The van der Waals surface area contributed by atoms with Gasteiger partial charge in [-0.2, -0.15) is 0 Å². The van der Waals surface area contributed by atoms with Crippen molar-refractivity contribution in [3.05, 3.63) is 46.0 Å². The Morgan fingerprint density at radius 1 is 1.42 bits per heavy atom. The Kier molecular flexibility index (Phi) is 3.62. The van der Waals surface area contributed by atoms with Crippen molar-refractivity contribution in [1.82, 2.24) is 14.9 Å². The fraction of sp³-hybridized carbons (Fsp3) is 0.467. The molecule has 0 saturated heterocycles. The minimum atomic E-state index is 0.383. The Labute approximate surface area is 118 Å². The molecular weight excluding hydrogens is 254 g/mol. The predicted molar refractivity (Wildman–Crippen MR) is 78.6 cm³/mol. The maximum atomic E-state index is 4.23. The van der Waals surface area contributed by atoms with Crippen LogP contribution in [-0.4, -0.2) is 16.6 Å². The molecule has 3 rings (SSSR count). The molecule has 1 heterocycles. The second-order valence-corrected chi connectivity index (χ2v) is 5.90. The molecule has 1 aromatic carbocycles. The number of hydrogen-bond acceptors (Lipinski definition) is 4. The molecule has 1 aliphatic rings. The lowest BCUT2D eigenvalue weighted by molar-refractivity contribution is 0.454. The third-order valence-electron chi connectivity index (χ3n) is 4.07. The van der Waals surface area contributed by atoms with Crippen LogP contribution in [0, 0.1) is 0 Å². The molecule has 4 heteroatoms. The second-order valence-electron chi connectivity index (χ2n) is 5.11. The van der Waals surface area contributed by atoms with Crippen molar-refractivity contribution < 1.29 is 0 Å². The highest BCUT2D eigenvalue weighted by Gasteiger charge is 2.29. The van der Waals surface area contributed by atoms with Gasteiger partial charge >= 0.3 is 0 Å². The van der Waals surface area contributed by atoms with E-state index in [4.69, 9.17) is 0 Å². The molecule has 3 nitrogen and oxygen atoms in total. The summed E-state index contributed by atoms with van der Waals surface area (Å²) in [6.07, 6.45) is 3.32. The zero-order valence-electron chi connectivity index (χ0n) is 11.4. The molecule has 0 spiro atoms. The van der Waals surface area contributed by atoms with Gasteiger partial charge in [-0.15, -0.1) is 5.10 Å². The largest absolute Gasteiger partial charge is 0.312 e. The second kappa shape index (κ2) is 5.39. The average Bonchev–Trinajstić information content (AvgIpc) is 2.88. The van der Waals surface area contributed by atoms with E-state index < -0.39 is 0 Å². The molecule has 0 fully saturated rings. The highest BCUT2D eigenvalue weighted by molar-refractivity contribution is 7.05. The van der Waals surface area contributed by atoms with Gasteiger partial charge in [0, 0.05) is 6.04 Å². The molecule has 1 aromatic heterocycles. The van der Waals surface area contributed by atoms with Crippen molar-refractivity contribution in [2.45, 2.75) is 38.1 Å². The van der Waals surface area contributed by atoms with Crippen LogP contribution >= 0.6 is 11.5 Å². The van der Waals surface area contributed by atoms with Crippen molar-refractivity contribution in [3.8, 4) is 0 Å². The molecule has 2 aromatic rings.